The second-order valence-electron chi connectivity index (χ2n) is 7.10. The average Bonchev–Trinajstić information content (AvgIpc) is 3.41. The molecule has 4 rings (SSSR count). The van der Waals surface area contributed by atoms with Crippen molar-refractivity contribution < 1.29 is 24.4 Å². The van der Waals surface area contributed by atoms with Crippen LogP contribution in [0.1, 0.15) is 22.0 Å². The number of ether oxygens (including phenoxy) is 1. The van der Waals surface area contributed by atoms with Crippen LogP contribution in [0.5, 0.6) is 5.75 Å². The number of carbonyl (C=O) groups excluding carboxylic acids is 2. The highest BCUT2D eigenvalue weighted by atomic mass is 32.1. The number of aliphatic hydroxyl groups excluding tert-OH is 1. The number of rotatable bonds is 6. The van der Waals surface area contributed by atoms with E-state index in [2.05, 4.69) is 0 Å². The monoisotopic (exact) mass is 450 g/mol. The van der Waals surface area contributed by atoms with Gasteiger partial charge in [-0.1, -0.05) is 30.3 Å². The maximum Gasteiger partial charge on any atom is 0.295 e. The summed E-state index contributed by atoms with van der Waals surface area (Å²) >= 11 is 1.35. The molecule has 0 spiro atoms. The number of nitro benzene ring substituents is 1. The summed E-state index contributed by atoms with van der Waals surface area (Å²) in [6.07, 6.45) is 0. The first-order valence-electron chi connectivity index (χ1n) is 9.60. The van der Waals surface area contributed by atoms with Gasteiger partial charge in [0.1, 0.15) is 11.5 Å². The molecule has 1 saturated heterocycles. The van der Waals surface area contributed by atoms with Gasteiger partial charge in [0.15, 0.2) is 0 Å². The third kappa shape index (κ3) is 3.85. The second kappa shape index (κ2) is 8.64. The number of aliphatic hydroxyl groups is 1. The van der Waals surface area contributed by atoms with Crippen LogP contribution in [0.4, 0.5) is 5.69 Å². The number of thiophene rings is 1. The lowest BCUT2D eigenvalue weighted by Crippen LogP contribution is -2.28. The fourth-order valence-corrected chi connectivity index (χ4v) is 4.52. The fraction of sp³-hybridized carbons (Fsp3) is 0.130. The number of ketones is 1. The summed E-state index contributed by atoms with van der Waals surface area (Å²) in [5.74, 6) is -1.42. The van der Waals surface area contributed by atoms with E-state index in [1.54, 1.807) is 30.3 Å². The topological polar surface area (TPSA) is 110 Å². The molecule has 1 N–H and O–H groups in total. The van der Waals surface area contributed by atoms with E-state index in [1.807, 2.05) is 11.4 Å². The molecule has 1 aliphatic heterocycles. The van der Waals surface area contributed by atoms with Gasteiger partial charge in [-0.25, -0.2) is 0 Å². The third-order valence-electron chi connectivity index (χ3n) is 5.17. The molecule has 32 heavy (non-hydrogen) atoms. The van der Waals surface area contributed by atoms with Gasteiger partial charge in [0.05, 0.1) is 23.6 Å². The first kappa shape index (κ1) is 21.3. The third-order valence-corrected chi connectivity index (χ3v) is 6.09. The molecule has 2 heterocycles. The number of benzene rings is 2. The van der Waals surface area contributed by atoms with Crippen LogP contribution in [-0.2, 0) is 16.1 Å². The molecule has 9 heteroatoms. The lowest BCUT2D eigenvalue weighted by Gasteiger charge is -2.24. The van der Waals surface area contributed by atoms with Crippen LogP contribution >= 0.6 is 11.3 Å². The predicted molar refractivity (Wildman–Crippen MR) is 118 cm³/mol. The van der Waals surface area contributed by atoms with E-state index in [4.69, 9.17) is 4.74 Å². The Morgan fingerprint density at radius 1 is 1.16 bits per heavy atom. The Morgan fingerprint density at radius 3 is 2.62 bits per heavy atom. The van der Waals surface area contributed by atoms with E-state index < -0.39 is 28.4 Å². The van der Waals surface area contributed by atoms with E-state index >= 15 is 0 Å². The van der Waals surface area contributed by atoms with E-state index in [9.17, 15) is 24.8 Å². The van der Waals surface area contributed by atoms with Gasteiger partial charge >= 0.3 is 0 Å². The fourth-order valence-electron chi connectivity index (χ4n) is 3.68. The highest BCUT2D eigenvalue weighted by Crippen LogP contribution is 2.42. The molecule has 1 amide bonds. The van der Waals surface area contributed by atoms with Gasteiger partial charge in [-0.2, -0.15) is 0 Å². The van der Waals surface area contributed by atoms with Crippen molar-refractivity contribution in [2.45, 2.75) is 12.6 Å². The number of methoxy groups -OCH3 is 1. The summed E-state index contributed by atoms with van der Waals surface area (Å²) in [7, 11) is 1.54. The van der Waals surface area contributed by atoms with Crippen LogP contribution in [0.3, 0.4) is 0 Å². The van der Waals surface area contributed by atoms with E-state index in [-0.39, 0.29) is 23.4 Å². The minimum atomic E-state index is -0.838. The van der Waals surface area contributed by atoms with Crippen LogP contribution in [0.2, 0.25) is 0 Å². The maximum atomic E-state index is 13.0. The van der Waals surface area contributed by atoms with Crippen molar-refractivity contribution in [1.82, 2.24) is 4.90 Å². The molecular weight excluding hydrogens is 432 g/mol. The average molecular weight is 450 g/mol. The quantitative estimate of drug-likeness (QED) is 0.197. The molecule has 3 aromatic rings. The van der Waals surface area contributed by atoms with E-state index in [0.717, 1.165) is 5.56 Å². The van der Waals surface area contributed by atoms with Crippen molar-refractivity contribution in [3.8, 4) is 5.75 Å². The molecule has 0 saturated carbocycles. The van der Waals surface area contributed by atoms with Crippen LogP contribution in [0.15, 0.2) is 71.6 Å². The molecule has 1 aliphatic rings. The van der Waals surface area contributed by atoms with Crippen molar-refractivity contribution in [2.24, 2.45) is 0 Å². The van der Waals surface area contributed by atoms with Crippen LogP contribution in [-0.4, -0.2) is 33.7 Å². The van der Waals surface area contributed by atoms with Gasteiger partial charge in [0, 0.05) is 29.1 Å². The van der Waals surface area contributed by atoms with Crippen molar-refractivity contribution in [3.05, 3.63) is 97.7 Å². The number of amides is 1. The Hall–Kier alpha value is -3.98. The summed E-state index contributed by atoms with van der Waals surface area (Å²) < 4.78 is 5.24. The van der Waals surface area contributed by atoms with Crippen LogP contribution in [0, 0.1) is 10.1 Å². The molecule has 0 radical (unpaired) electrons. The standard InChI is InChI=1S/C23H18N2O6S/c1-31-17-8-2-5-14(11-17)13-24-20(18-9-4-10-32-18)19(22(27)23(24)28)21(26)15-6-3-7-16(12-15)25(29)30/h2-12,20,26H,13H2,1H3/b21-19-. The molecule has 1 atom stereocenters. The summed E-state index contributed by atoms with van der Waals surface area (Å²) in [5, 5.41) is 23.9. The van der Waals surface area contributed by atoms with E-state index in [1.165, 1.54) is 47.6 Å². The molecular formula is C23H18N2O6S. The van der Waals surface area contributed by atoms with E-state index in [0.29, 0.717) is 10.6 Å². The van der Waals surface area contributed by atoms with Crippen molar-refractivity contribution in [2.75, 3.05) is 7.11 Å². The second-order valence-corrected chi connectivity index (χ2v) is 8.08. The largest absolute Gasteiger partial charge is 0.507 e. The summed E-state index contributed by atoms with van der Waals surface area (Å²) in [6, 6.07) is 15.2. The Kier molecular flexibility index (Phi) is 5.74. The first-order chi connectivity index (χ1) is 15.4. The number of Topliss-reactive ketones (excluding diaryl/α,β-unsaturated/α-hetero) is 1. The van der Waals surface area contributed by atoms with Gasteiger partial charge in [0.2, 0.25) is 0 Å². The Bertz CT molecular complexity index is 1230. The van der Waals surface area contributed by atoms with Crippen LogP contribution < -0.4 is 4.74 Å². The minimum absolute atomic E-state index is 0.0964. The number of likely N-dealkylation sites (tertiary alicyclic amines) is 1. The van der Waals surface area contributed by atoms with Crippen LogP contribution in [0.25, 0.3) is 5.76 Å². The number of carbonyl (C=O) groups is 2. The Labute approximate surface area is 187 Å². The van der Waals surface area contributed by atoms with Gasteiger partial charge in [-0.15, -0.1) is 11.3 Å². The van der Waals surface area contributed by atoms with Crippen molar-refractivity contribution in [3.63, 3.8) is 0 Å². The molecule has 162 valence electrons. The smallest absolute Gasteiger partial charge is 0.295 e. The van der Waals surface area contributed by atoms with Gasteiger partial charge in [0.25, 0.3) is 17.4 Å². The van der Waals surface area contributed by atoms with Crippen molar-refractivity contribution >= 4 is 34.5 Å². The van der Waals surface area contributed by atoms with Crippen molar-refractivity contribution in [1.29, 1.82) is 0 Å². The number of hydrogen-bond donors (Lipinski definition) is 1. The number of hydrogen-bond acceptors (Lipinski definition) is 7. The molecule has 1 unspecified atom stereocenters. The van der Waals surface area contributed by atoms with Gasteiger partial charge in [-0.3, -0.25) is 19.7 Å². The minimum Gasteiger partial charge on any atom is -0.507 e. The molecule has 8 nitrogen and oxygen atoms in total. The first-order valence-corrected chi connectivity index (χ1v) is 10.5. The summed E-state index contributed by atoms with van der Waals surface area (Å²) in [5.41, 5.74) is 0.524. The molecule has 0 bridgehead atoms. The van der Waals surface area contributed by atoms with Gasteiger partial charge < -0.3 is 14.7 Å². The summed E-state index contributed by atoms with van der Waals surface area (Å²) in [4.78, 5) is 38.6. The molecule has 2 aromatic carbocycles. The maximum absolute atomic E-state index is 13.0. The number of nitrogens with zero attached hydrogens (tertiary/aromatic N) is 2. The Morgan fingerprint density at radius 2 is 1.94 bits per heavy atom. The SMILES string of the molecule is COc1cccc(CN2C(=O)C(=O)/C(=C(\O)c3cccc([N+](=O)[O-])c3)C2c2cccs2)c1. The highest BCUT2D eigenvalue weighted by Gasteiger charge is 2.46. The number of nitro groups is 1. The molecule has 1 aromatic heterocycles. The molecule has 0 aliphatic carbocycles. The zero-order chi connectivity index (χ0) is 22.8. The predicted octanol–water partition coefficient (Wildman–Crippen LogP) is 4.29. The normalized spacial score (nSPS) is 17.5. The lowest BCUT2D eigenvalue weighted by molar-refractivity contribution is -0.384. The number of non-ortho nitro benzene ring substituents is 1. The Balaban J connectivity index is 1.82. The summed E-state index contributed by atoms with van der Waals surface area (Å²) in [6.45, 7) is 0.121. The molecule has 1 fully saturated rings. The highest BCUT2D eigenvalue weighted by molar-refractivity contribution is 7.10. The lowest BCUT2D eigenvalue weighted by atomic mass is 9.99. The van der Waals surface area contributed by atoms with Gasteiger partial charge in [-0.05, 0) is 29.1 Å². The zero-order valence-electron chi connectivity index (χ0n) is 16.9. The zero-order valence-corrected chi connectivity index (χ0v) is 17.7.